The number of benzene rings is 2. The fourth-order valence-corrected chi connectivity index (χ4v) is 3.60. The van der Waals surface area contributed by atoms with E-state index in [1.807, 2.05) is 0 Å². The van der Waals surface area contributed by atoms with Crippen molar-refractivity contribution < 1.29 is 17.6 Å². The second kappa shape index (κ2) is 6.33. The summed E-state index contributed by atoms with van der Waals surface area (Å²) >= 11 is 0. The number of amides is 1. The number of hydrogen-bond acceptors (Lipinski definition) is 3. The lowest BCUT2D eigenvalue weighted by molar-refractivity contribution is 0.102. The lowest BCUT2D eigenvalue weighted by Crippen LogP contribution is -2.26. The van der Waals surface area contributed by atoms with Gasteiger partial charge in [-0.2, -0.15) is 0 Å². The Labute approximate surface area is 139 Å². The number of anilines is 1. The van der Waals surface area contributed by atoms with Gasteiger partial charge in [0.2, 0.25) is 10.0 Å². The molecule has 5 nitrogen and oxygen atoms in total. The van der Waals surface area contributed by atoms with Crippen LogP contribution >= 0.6 is 0 Å². The lowest BCUT2D eigenvalue weighted by Gasteiger charge is -2.11. The van der Waals surface area contributed by atoms with Crippen LogP contribution in [0.4, 0.5) is 10.1 Å². The van der Waals surface area contributed by atoms with Gasteiger partial charge in [0.15, 0.2) is 0 Å². The van der Waals surface area contributed by atoms with Gasteiger partial charge >= 0.3 is 0 Å². The molecule has 24 heavy (non-hydrogen) atoms. The minimum absolute atomic E-state index is 0.0509. The first kappa shape index (κ1) is 16.6. The Balaban J connectivity index is 1.87. The first-order valence-electron chi connectivity index (χ1n) is 7.56. The molecule has 0 radical (unpaired) electrons. The first-order chi connectivity index (χ1) is 11.4. The van der Waals surface area contributed by atoms with Gasteiger partial charge in [-0.1, -0.05) is 18.2 Å². The number of carbonyl (C=O) groups excluding carboxylic acids is 1. The highest BCUT2D eigenvalue weighted by atomic mass is 32.2. The third kappa shape index (κ3) is 3.63. The molecule has 1 amide bonds. The van der Waals surface area contributed by atoms with E-state index in [1.165, 1.54) is 6.07 Å². The molecule has 2 aromatic rings. The van der Waals surface area contributed by atoms with Crippen molar-refractivity contribution in [2.75, 3.05) is 5.32 Å². The van der Waals surface area contributed by atoms with Gasteiger partial charge in [-0.15, -0.1) is 0 Å². The SMILES string of the molecule is Cc1ccccc1C(=O)Nc1cc(S(=O)(=O)NC2CC2)ccc1F. The summed E-state index contributed by atoms with van der Waals surface area (Å²) in [5, 5.41) is 2.44. The number of rotatable bonds is 5. The van der Waals surface area contributed by atoms with E-state index < -0.39 is 21.7 Å². The summed E-state index contributed by atoms with van der Waals surface area (Å²) in [4.78, 5) is 12.2. The number of sulfonamides is 1. The molecule has 1 aliphatic rings. The van der Waals surface area contributed by atoms with E-state index in [1.54, 1.807) is 31.2 Å². The number of carbonyl (C=O) groups is 1. The standard InChI is InChI=1S/C17H17FN2O3S/c1-11-4-2-3-5-14(11)17(21)19-16-10-13(8-9-15(16)18)24(22,23)20-12-6-7-12/h2-5,8-10,12,20H,6-7H2,1H3,(H,19,21). The molecule has 0 atom stereocenters. The predicted molar refractivity (Wildman–Crippen MR) is 88.9 cm³/mol. The van der Waals surface area contributed by atoms with Crippen molar-refractivity contribution in [2.24, 2.45) is 0 Å². The van der Waals surface area contributed by atoms with E-state index in [2.05, 4.69) is 10.0 Å². The van der Waals surface area contributed by atoms with Crippen LogP contribution in [0.3, 0.4) is 0 Å². The molecule has 126 valence electrons. The normalized spacial score (nSPS) is 14.4. The van der Waals surface area contributed by atoms with E-state index in [0.29, 0.717) is 5.56 Å². The molecule has 0 unspecified atom stereocenters. The Hall–Kier alpha value is -2.25. The monoisotopic (exact) mass is 348 g/mol. The van der Waals surface area contributed by atoms with Crippen LogP contribution in [-0.4, -0.2) is 20.4 Å². The highest BCUT2D eigenvalue weighted by Crippen LogP contribution is 2.25. The van der Waals surface area contributed by atoms with Crippen LogP contribution in [0.1, 0.15) is 28.8 Å². The highest BCUT2D eigenvalue weighted by molar-refractivity contribution is 7.89. The smallest absolute Gasteiger partial charge is 0.256 e. The van der Waals surface area contributed by atoms with E-state index in [4.69, 9.17) is 0 Å². The van der Waals surface area contributed by atoms with Crippen LogP contribution in [0.25, 0.3) is 0 Å². The zero-order valence-corrected chi connectivity index (χ0v) is 13.9. The minimum atomic E-state index is -3.71. The molecule has 3 rings (SSSR count). The average molecular weight is 348 g/mol. The van der Waals surface area contributed by atoms with Gasteiger partial charge in [0, 0.05) is 11.6 Å². The molecule has 0 aliphatic heterocycles. The fraction of sp³-hybridized carbons (Fsp3) is 0.235. The van der Waals surface area contributed by atoms with Crippen LogP contribution in [-0.2, 0) is 10.0 Å². The molecule has 2 N–H and O–H groups in total. The van der Waals surface area contributed by atoms with Gasteiger partial charge in [-0.25, -0.2) is 17.5 Å². The van der Waals surface area contributed by atoms with Crippen molar-refractivity contribution in [1.82, 2.24) is 4.72 Å². The van der Waals surface area contributed by atoms with Crippen LogP contribution in [0.5, 0.6) is 0 Å². The summed E-state index contributed by atoms with van der Waals surface area (Å²) in [5.74, 6) is -1.18. The minimum Gasteiger partial charge on any atom is -0.319 e. The van der Waals surface area contributed by atoms with Crippen molar-refractivity contribution in [3.63, 3.8) is 0 Å². The zero-order valence-electron chi connectivity index (χ0n) is 13.0. The topological polar surface area (TPSA) is 75.3 Å². The van der Waals surface area contributed by atoms with Gasteiger partial charge in [0.05, 0.1) is 10.6 Å². The summed E-state index contributed by atoms with van der Waals surface area (Å²) < 4.78 is 40.9. The van der Waals surface area contributed by atoms with Crippen molar-refractivity contribution in [3.05, 3.63) is 59.4 Å². The summed E-state index contributed by atoms with van der Waals surface area (Å²) in [7, 11) is -3.71. The van der Waals surface area contributed by atoms with Crippen molar-refractivity contribution in [3.8, 4) is 0 Å². The molecular weight excluding hydrogens is 331 g/mol. The maximum atomic E-state index is 14.0. The molecule has 1 fully saturated rings. The molecule has 7 heteroatoms. The van der Waals surface area contributed by atoms with Crippen molar-refractivity contribution in [2.45, 2.75) is 30.7 Å². The Kier molecular flexibility index (Phi) is 4.38. The van der Waals surface area contributed by atoms with Gasteiger partial charge in [0.25, 0.3) is 5.91 Å². The second-order valence-electron chi connectivity index (χ2n) is 5.81. The quantitative estimate of drug-likeness (QED) is 0.872. The maximum absolute atomic E-state index is 14.0. The number of hydrogen-bond donors (Lipinski definition) is 2. The fourth-order valence-electron chi connectivity index (χ4n) is 2.27. The van der Waals surface area contributed by atoms with E-state index in [-0.39, 0.29) is 16.6 Å². The first-order valence-corrected chi connectivity index (χ1v) is 9.04. The molecular formula is C17H17FN2O3S. The Bertz CT molecular complexity index is 892. The Morgan fingerprint density at radius 2 is 1.88 bits per heavy atom. The molecule has 0 saturated heterocycles. The highest BCUT2D eigenvalue weighted by Gasteiger charge is 2.28. The average Bonchev–Trinajstić information content (AvgIpc) is 3.33. The summed E-state index contributed by atoms with van der Waals surface area (Å²) in [5.41, 5.74) is 0.984. The van der Waals surface area contributed by atoms with Crippen LogP contribution < -0.4 is 10.0 Å². The zero-order chi connectivity index (χ0) is 17.3. The van der Waals surface area contributed by atoms with Gasteiger partial charge < -0.3 is 5.32 Å². The third-order valence-electron chi connectivity index (χ3n) is 3.79. The molecule has 1 aliphatic carbocycles. The Morgan fingerprint density at radius 3 is 2.54 bits per heavy atom. The van der Waals surface area contributed by atoms with Gasteiger partial charge in [-0.3, -0.25) is 4.79 Å². The van der Waals surface area contributed by atoms with Gasteiger partial charge in [0.1, 0.15) is 5.82 Å². The maximum Gasteiger partial charge on any atom is 0.256 e. The van der Waals surface area contributed by atoms with Gasteiger partial charge in [-0.05, 0) is 49.6 Å². The lowest BCUT2D eigenvalue weighted by atomic mass is 10.1. The summed E-state index contributed by atoms with van der Waals surface area (Å²) in [6.45, 7) is 1.77. The molecule has 2 aromatic carbocycles. The van der Waals surface area contributed by atoms with Crippen molar-refractivity contribution >= 4 is 21.6 Å². The molecule has 0 bridgehead atoms. The van der Waals surface area contributed by atoms with E-state index >= 15 is 0 Å². The summed E-state index contributed by atoms with van der Waals surface area (Å²) in [6.07, 6.45) is 1.61. The molecule has 0 aromatic heterocycles. The van der Waals surface area contributed by atoms with Crippen LogP contribution in [0.15, 0.2) is 47.4 Å². The number of nitrogens with one attached hydrogen (secondary N) is 2. The number of aryl methyl sites for hydroxylation is 1. The van der Waals surface area contributed by atoms with Crippen LogP contribution in [0.2, 0.25) is 0 Å². The third-order valence-corrected chi connectivity index (χ3v) is 5.30. The van der Waals surface area contributed by atoms with E-state index in [0.717, 1.165) is 30.5 Å². The van der Waals surface area contributed by atoms with Crippen molar-refractivity contribution in [1.29, 1.82) is 0 Å². The Morgan fingerprint density at radius 1 is 1.17 bits per heavy atom. The second-order valence-corrected chi connectivity index (χ2v) is 7.52. The molecule has 1 saturated carbocycles. The summed E-state index contributed by atoms with van der Waals surface area (Å²) in [6, 6.07) is 10.2. The molecule has 0 heterocycles. The number of halogens is 1. The largest absolute Gasteiger partial charge is 0.319 e. The molecule has 0 spiro atoms. The van der Waals surface area contributed by atoms with E-state index in [9.17, 15) is 17.6 Å². The predicted octanol–water partition coefficient (Wildman–Crippen LogP) is 2.83. The van der Waals surface area contributed by atoms with Crippen LogP contribution in [0, 0.1) is 12.7 Å².